The Kier molecular flexibility index (Phi) is 4.73. The second kappa shape index (κ2) is 7.19. The summed E-state index contributed by atoms with van der Waals surface area (Å²) in [6, 6.07) is 11.2. The molecule has 8 heteroatoms. The van der Waals surface area contributed by atoms with Gasteiger partial charge in [-0.15, -0.1) is 0 Å². The normalized spacial score (nSPS) is 20.4. The van der Waals surface area contributed by atoms with Crippen molar-refractivity contribution in [1.29, 1.82) is 0 Å². The molecule has 1 fully saturated rings. The molecule has 0 radical (unpaired) electrons. The number of fused-ring (bicyclic) bond motifs is 1. The highest BCUT2D eigenvalue weighted by molar-refractivity contribution is 7.90. The van der Waals surface area contributed by atoms with Gasteiger partial charge in [-0.05, 0) is 37.1 Å². The van der Waals surface area contributed by atoms with E-state index in [-0.39, 0.29) is 23.8 Å². The topological polar surface area (TPSA) is 83.8 Å². The maximum absolute atomic E-state index is 12.4. The lowest BCUT2D eigenvalue weighted by Crippen LogP contribution is -2.39. The Morgan fingerprint density at radius 1 is 1.11 bits per heavy atom. The van der Waals surface area contributed by atoms with E-state index >= 15 is 0 Å². The number of nitrogens with one attached hydrogen (secondary N) is 1. The molecule has 0 unspecified atom stereocenters. The van der Waals surface area contributed by atoms with Gasteiger partial charge in [-0.1, -0.05) is 12.1 Å². The second-order valence-electron chi connectivity index (χ2n) is 6.82. The summed E-state index contributed by atoms with van der Waals surface area (Å²) >= 11 is 0. The summed E-state index contributed by atoms with van der Waals surface area (Å²) in [5.74, 6) is 0.393. The average Bonchev–Trinajstić information content (AvgIpc) is 3.29. The minimum Gasteiger partial charge on any atom is -0.351 e. The van der Waals surface area contributed by atoms with Gasteiger partial charge in [0, 0.05) is 43.5 Å². The zero-order valence-electron chi connectivity index (χ0n) is 14.9. The van der Waals surface area contributed by atoms with Crippen LogP contribution in [0, 0.1) is 0 Å². The lowest BCUT2D eigenvalue weighted by Gasteiger charge is -2.32. The molecule has 2 aliphatic rings. The van der Waals surface area contributed by atoms with Crippen LogP contribution >= 0.6 is 0 Å². The van der Waals surface area contributed by atoms with Gasteiger partial charge in [0.15, 0.2) is 0 Å². The predicted octanol–water partition coefficient (Wildman–Crippen LogP) is 1.78. The SMILES string of the molecule is O=C(CCN=C1NS(=O)(=O)c2ccccc21)N1CCC(n2cccc2)CC1. The minimum absolute atomic E-state index is 0.0689. The van der Waals surface area contributed by atoms with E-state index in [1.54, 1.807) is 24.3 Å². The van der Waals surface area contributed by atoms with Crippen molar-refractivity contribution in [2.75, 3.05) is 19.6 Å². The van der Waals surface area contributed by atoms with Gasteiger partial charge in [0.2, 0.25) is 5.91 Å². The van der Waals surface area contributed by atoms with E-state index in [2.05, 4.69) is 26.7 Å². The number of nitrogens with zero attached hydrogens (tertiary/aromatic N) is 3. The Labute approximate surface area is 158 Å². The number of hydrogen-bond donors (Lipinski definition) is 1. The van der Waals surface area contributed by atoms with Crippen molar-refractivity contribution < 1.29 is 13.2 Å². The van der Waals surface area contributed by atoms with Crippen molar-refractivity contribution in [3.63, 3.8) is 0 Å². The summed E-state index contributed by atoms with van der Waals surface area (Å²) in [4.78, 5) is 18.9. The number of sulfonamides is 1. The first-order valence-electron chi connectivity index (χ1n) is 9.11. The first kappa shape index (κ1) is 17.8. The molecule has 3 heterocycles. The van der Waals surface area contributed by atoms with Gasteiger partial charge in [0.1, 0.15) is 5.84 Å². The second-order valence-corrected chi connectivity index (χ2v) is 8.48. The van der Waals surface area contributed by atoms with Crippen molar-refractivity contribution in [2.45, 2.75) is 30.2 Å². The van der Waals surface area contributed by atoms with Crippen LogP contribution in [-0.2, 0) is 14.8 Å². The Balaban J connectivity index is 1.32. The van der Waals surface area contributed by atoms with Crippen LogP contribution in [0.15, 0.2) is 58.7 Å². The van der Waals surface area contributed by atoms with Crippen molar-refractivity contribution in [1.82, 2.24) is 14.2 Å². The third-order valence-corrected chi connectivity index (χ3v) is 6.52. The molecule has 0 bridgehead atoms. The number of benzene rings is 1. The van der Waals surface area contributed by atoms with Crippen LogP contribution in [0.3, 0.4) is 0 Å². The van der Waals surface area contributed by atoms with E-state index < -0.39 is 10.0 Å². The molecule has 1 saturated heterocycles. The van der Waals surface area contributed by atoms with Gasteiger partial charge >= 0.3 is 0 Å². The zero-order valence-corrected chi connectivity index (χ0v) is 15.7. The first-order valence-corrected chi connectivity index (χ1v) is 10.6. The van der Waals surface area contributed by atoms with Gasteiger partial charge in [-0.2, -0.15) is 0 Å². The van der Waals surface area contributed by atoms with Crippen LogP contribution < -0.4 is 4.72 Å². The molecule has 0 aliphatic carbocycles. The highest BCUT2D eigenvalue weighted by Gasteiger charge is 2.30. The highest BCUT2D eigenvalue weighted by atomic mass is 32.2. The van der Waals surface area contributed by atoms with Crippen molar-refractivity contribution in [3.05, 3.63) is 54.4 Å². The number of amidine groups is 1. The summed E-state index contributed by atoms with van der Waals surface area (Å²) in [5.41, 5.74) is 0.567. The van der Waals surface area contributed by atoms with Crippen LogP contribution in [0.25, 0.3) is 0 Å². The molecule has 1 aromatic heterocycles. The third kappa shape index (κ3) is 3.62. The predicted molar refractivity (Wildman–Crippen MR) is 102 cm³/mol. The molecule has 27 heavy (non-hydrogen) atoms. The number of carbonyl (C=O) groups excluding carboxylic acids is 1. The van der Waals surface area contributed by atoms with Crippen LogP contribution in [0.4, 0.5) is 0 Å². The summed E-state index contributed by atoms with van der Waals surface area (Å²) in [7, 11) is -3.53. The van der Waals surface area contributed by atoms with Gasteiger partial charge in [0.25, 0.3) is 10.0 Å². The number of aromatic nitrogens is 1. The monoisotopic (exact) mass is 386 g/mol. The Bertz CT molecular complexity index is 959. The highest BCUT2D eigenvalue weighted by Crippen LogP contribution is 2.24. The van der Waals surface area contributed by atoms with Crippen LogP contribution in [0.2, 0.25) is 0 Å². The molecule has 1 aromatic carbocycles. The lowest BCUT2D eigenvalue weighted by molar-refractivity contribution is -0.132. The molecular formula is C19H22N4O3S. The molecular weight excluding hydrogens is 364 g/mol. The van der Waals surface area contributed by atoms with Gasteiger partial charge in [-0.3, -0.25) is 14.5 Å². The van der Waals surface area contributed by atoms with Crippen molar-refractivity contribution in [3.8, 4) is 0 Å². The van der Waals surface area contributed by atoms with E-state index in [4.69, 9.17) is 0 Å². The molecule has 1 N–H and O–H groups in total. The van der Waals surface area contributed by atoms with Crippen LogP contribution in [0.1, 0.15) is 30.9 Å². The number of rotatable bonds is 4. The van der Waals surface area contributed by atoms with Crippen LogP contribution in [0.5, 0.6) is 0 Å². The summed E-state index contributed by atoms with van der Waals surface area (Å²) in [6.45, 7) is 1.75. The minimum atomic E-state index is -3.53. The van der Waals surface area contributed by atoms with E-state index in [1.165, 1.54) is 0 Å². The number of piperidine rings is 1. The van der Waals surface area contributed by atoms with Gasteiger partial charge in [0.05, 0.1) is 11.4 Å². The maximum Gasteiger partial charge on any atom is 0.263 e. The maximum atomic E-state index is 12.4. The Morgan fingerprint density at radius 3 is 2.56 bits per heavy atom. The molecule has 0 atom stereocenters. The van der Waals surface area contributed by atoms with E-state index in [1.807, 2.05) is 17.0 Å². The number of hydrogen-bond acceptors (Lipinski definition) is 4. The number of carbonyl (C=O) groups is 1. The van der Waals surface area contributed by atoms with Crippen molar-refractivity contribution in [2.24, 2.45) is 4.99 Å². The molecule has 7 nitrogen and oxygen atoms in total. The van der Waals surface area contributed by atoms with Crippen LogP contribution in [-0.4, -0.2) is 49.3 Å². The fraction of sp³-hybridized carbons (Fsp3) is 0.368. The first-order chi connectivity index (χ1) is 13.0. The lowest BCUT2D eigenvalue weighted by atomic mass is 10.0. The number of aliphatic imine (C=N–C) groups is 1. The average molecular weight is 386 g/mol. The fourth-order valence-electron chi connectivity index (χ4n) is 3.68. The summed E-state index contributed by atoms with van der Waals surface area (Å²) in [5, 5.41) is 0. The standard InChI is InChI=1S/C19H22N4O3S/c24-18(23-13-8-15(9-14-23)22-11-3-4-12-22)7-10-20-19-16-5-1-2-6-17(16)27(25,26)21-19/h1-6,11-12,15H,7-10,13-14H2,(H,20,21). The molecule has 1 amide bonds. The van der Waals surface area contributed by atoms with Gasteiger partial charge < -0.3 is 9.47 Å². The molecule has 2 aliphatic heterocycles. The Hall–Kier alpha value is -2.61. The fourth-order valence-corrected chi connectivity index (χ4v) is 4.93. The summed E-state index contributed by atoms with van der Waals surface area (Å²) < 4.78 is 28.8. The molecule has 4 rings (SSSR count). The zero-order chi connectivity index (χ0) is 18.9. The molecule has 0 saturated carbocycles. The molecule has 0 spiro atoms. The molecule has 2 aromatic rings. The smallest absolute Gasteiger partial charge is 0.263 e. The molecule has 142 valence electrons. The number of likely N-dealkylation sites (tertiary alicyclic amines) is 1. The summed E-state index contributed by atoms with van der Waals surface area (Å²) in [6.07, 6.45) is 6.31. The van der Waals surface area contributed by atoms with E-state index in [0.29, 0.717) is 17.4 Å². The Morgan fingerprint density at radius 2 is 1.81 bits per heavy atom. The van der Waals surface area contributed by atoms with Gasteiger partial charge in [-0.25, -0.2) is 8.42 Å². The van der Waals surface area contributed by atoms with Crippen molar-refractivity contribution >= 4 is 21.8 Å². The van der Waals surface area contributed by atoms with E-state index in [0.717, 1.165) is 25.9 Å². The van der Waals surface area contributed by atoms with E-state index in [9.17, 15) is 13.2 Å². The third-order valence-electron chi connectivity index (χ3n) is 5.12. The largest absolute Gasteiger partial charge is 0.351 e. The quantitative estimate of drug-likeness (QED) is 0.869. The number of amides is 1.